The second-order valence-electron chi connectivity index (χ2n) is 5.99. The van der Waals surface area contributed by atoms with Gasteiger partial charge >= 0.3 is 12.1 Å². The molecule has 1 heterocycles. The maximum absolute atomic E-state index is 12.7. The molecule has 0 spiro atoms. The molecule has 7 heteroatoms. The minimum Gasteiger partial charge on any atom is -0.426 e. The van der Waals surface area contributed by atoms with Gasteiger partial charge in [-0.15, -0.1) is 0 Å². The van der Waals surface area contributed by atoms with Crippen LogP contribution in [0, 0.1) is 0 Å². The summed E-state index contributed by atoms with van der Waals surface area (Å²) >= 11 is 0. The maximum Gasteiger partial charge on any atom is 0.416 e. The fourth-order valence-corrected chi connectivity index (χ4v) is 2.81. The second kappa shape index (κ2) is 7.19. The lowest BCUT2D eigenvalue weighted by Gasteiger charge is -2.15. The van der Waals surface area contributed by atoms with Gasteiger partial charge in [-0.1, -0.05) is 18.2 Å². The first kappa shape index (κ1) is 18.0. The van der Waals surface area contributed by atoms with Crippen molar-refractivity contribution < 1.29 is 27.5 Å². The van der Waals surface area contributed by atoms with Gasteiger partial charge in [0.2, 0.25) is 5.91 Å². The lowest BCUT2D eigenvalue weighted by atomic mass is 10.1. The summed E-state index contributed by atoms with van der Waals surface area (Å²) in [4.78, 5) is 25.3. The van der Waals surface area contributed by atoms with Gasteiger partial charge in [-0.25, -0.2) is 0 Å². The Morgan fingerprint density at radius 3 is 2.46 bits per heavy atom. The van der Waals surface area contributed by atoms with Crippen LogP contribution < -0.4 is 9.64 Å². The van der Waals surface area contributed by atoms with Crippen molar-refractivity contribution in [2.45, 2.75) is 25.4 Å². The van der Waals surface area contributed by atoms with Crippen LogP contribution in [-0.4, -0.2) is 18.4 Å². The van der Waals surface area contributed by atoms with Gasteiger partial charge in [-0.2, -0.15) is 13.2 Å². The smallest absolute Gasteiger partial charge is 0.416 e. The summed E-state index contributed by atoms with van der Waals surface area (Å²) in [5, 5.41) is 0. The highest BCUT2D eigenvalue weighted by Gasteiger charge is 2.30. The number of rotatable bonds is 4. The molecule has 4 nitrogen and oxygen atoms in total. The number of hydrogen-bond donors (Lipinski definition) is 0. The van der Waals surface area contributed by atoms with Crippen molar-refractivity contribution in [3.05, 3.63) is 59.7 Å². The molecule has 0 radical (unpaired) electrons. The molecule has 136 valence electrons. The molecule has 1 aliphatic heterocycles. The third-order valence-electron chi connectivity index (χ3n) is 4.06. The predicted octanol–water partition coefficient (Wildman–Crippen LogP) is 3.98. The Bertz CT molecular complexity index is 816. The standard InChI is InChI=1S/C19H16F3NO3/c20-19(21,22)14-4-1-3-13(11-14)12-18(25)26-16-8-6-15(7-9-16)23-10-2-5-17(23)24/h1,3-4,6-9,11H,2,5,10,12H2. The fourth-order valence-electron chi connectivity index (χ4n) is 2.81. The molecular formula is C19H16F3NO3. The number of esters is 1. The summed E-state index contributed by atoms with van der Waals surface area (Å²) in [5.41, 5.74) is 0.150. The number of carbonyl (C=O) groups is 2. The molecule has 2 aromatic rings. The summed E-state index contributed by atoms with van der Waals surface area (Å²) in [5.74, 6) is -0.328. The normalized spacial score (nSPS) is 14.6. The molecule has 1 saturated heterocycles. The first-order chi connectivity index (χ1) is 12.3. The van der Waals surface area contributed by atoms with Crippen LogP contribution in [0.15, 0.2) is 48.5 Å². The van der Waals surface area contributed by atoms with Crippen molar-refractivity contribution in [1.82, 2.24) is 0 Å². The maximum atomic E-state index is 12.7. The van der Waals surface area contributed by atoms with Crippen molar-refractivity contribution in [1.29, 1.82) is 0 Å². The highest BCUT2D eigenvalue weighted by Crippen LogP contribution is 2.30. The molecule has 0 unspecified atom stereocenters. The van der Waals surface area contributed by atoms with Gasteiger partial charge in [-0.3, -0.25) is 9.59 Å². The lowest BCUT2D eigenvalue weighted by molar-refractivity contribution is -0.138. The zero-order valence-electron chi connectivity index (χ0n) is 13.8. The van der Waals surface area contributed by atoms with Gasteiger partial charge in [0, 0.05) is 18.7 Å². The average Bonchev–Trinajstić information content (AvgIpc) is 3.01. The topological polar surface area (TPSA) is 46.6 Å². The van der Waals surface area contributed by atoms with Gasteiger partial charge in [0.25, 0.3) is 0 Å². The summed E-state index contributed by atoms with van der Waals surface area (Å²) in [6, 6.07) is 11.1. The molecule has 0 aliphatic carbocycles. The van der Waals surface area contributed by atoms with E-state index < -0.39 is 17.7 Å². The van der Waals surface area contributed by atoms with Crippen LogP contribution in [0.2, 0.25) is 0 Å². The van der Waals surface area contributed by atoms with Crippen LogP contribution in [0.25, 0.3) is 0 Å². The minimum atomic E-state index is -4.46. The number of amides is 1. The molecule has 2 aromatic carbocycles. The number of ether oxygens (including phenoxy) is 1. The second-order valence-corrected chi connectivity index (χ2v) is 5.99. The van der Waals surface area contributed by atoms with Crippen LogP contribution in [0.4, 0.5) is 18.9 Å². The van der Waals surface area contributed by atoms with Crippen LogP contribution >= 0.6 is 0 Å². The van der Waals surface area contributed by atoms with Crippen molar-refractivity contribution in [2.24, 2.45) is 0 Å². The highest BCUT2D eigenvalue weighted by molar-refractivity contribution is 5.95. The van der Waals surface area contributed by atoms with Crippen LogP contribution in [0.5, 0.6) is 5.75 Å². The molecule has 1 fully saturated rings. The first-order valence-corrected chi connectivity index (χ1v) is 8.10. The fraction of sp³-hybridized carbons (Fsp3) is 0.263. The van der Waals surface area contributed by atoms with Gasteiger partial charge in [0.1, 0.15) is 5.75 Å². The summed E-state index contributed by atoms with van der Waals surface area (Å²) in [7, 11) is 0. The Labute approximate surface area is 148 Å². The molecule has 0 bridgehead atoms. The number of alkyl halides is 3. The number of anilines is 1. The third-order valence-corrected chi connectivity index (χ3v) is 4.06. The van der Waals surface area contributed by atoms with E-state index >= 15 is 0 Å². The van der Waals surface area contributed by atoms with Crippen molar-refractivity contribution in [2.75, 3.05) is 11.4 Å². The monoisotopic (exact) mass is 363 g/mol. The van der Waals surface area contributed by atoms with Crippen molar-refractivity contribution in [3.63, 3.8) is 0 Å². The molecule has 3 rings (SSSR count). The van der Waals surface area contributed by atoms with E-state index in [0.717, 1.165) is 24.2 Å². The van der Waals surface area contributed by atoms with Crippen LogP contribution in [-0.2, 0) is 22.2 Å². The van der Waals surface area contributed by atoms with Gasteiger partial charge in [0.05, 0.1) is 12.0 Å². The highest BCUT2D eigenvalue weighted by atomic mass is 19.4. The molecule has 1 aliphatic rings. The molecule has 0 atom stereocenters. The lowest BCUT2D eigenvalue weighted by Crippen LogP contribution is -2.23. The number of carbonyl (C=O) groups excluding carboxylic acids is 2. The Balaban J connectivity index is 1.62. The third kappa shape index (κ3) is 4.22. The first-order valence-electron chi connectivity index (χ1n) is 8.10. The number of halogens is 3. The zero-order chi connectivity index (χ0) is 18.7. The molecule has 26 heavy (non-hydrogen) atoms. The summed E-state index contributed by atoms with van der Waals surface area (Å²) < 4.78 is 43.3. The Hall–Kier alpha value is -2.83. The predicted molar refractivity (Wildman–Crippen MR) is 88.8 cm³/mol. The van der Waals surface area contributed by atoms with Gasteiger partial charge in [0.15, 0.2) is 0 Å². The van der Waals surface area contributed by atoms with E-state index in [2.05, 4.69) is 0 Å². The Morgan fingerprint density at radius 2 is 1.85 bits per heavy atom. The molecule has 0 aromatic heterocycles. The zero-order valence-corrected chi connectivity index (χ0v) is 13.8. The van der Waals surface area contributed by atoms with Crippen molar-refractivity contribution >= 4 is 17.6 Å². The van der Waals surface area contributed by atoms with E-state index in [0.29, 0.717) is 13.0 Å². The average molecular weight is 363 g/mol. The van der Waals surface area contributed by atoms with E-state index in [-0.39, 0.29) is 23.6 Å². The van der Waals surface area contributed by atoms with E-state index in [4.69, 9.17) is 4.74 Å². The molecule has 0 N–H and O–H groups in total. The largest absolute Gasteiger partial charge is 0.426 e. The Morgan fingerprint density at radius 1 is 1.12 bits per heavy atom. The number of nitrogens with zero attached hydrogens (tertiary/aromatic N) is 1. The van der Waals surface area contributed by atoms with E-state index in [1.165, 1.54) is 12.1 Å². The van der Waals surface area contributed by atoms with E-state index in [1.54, 1.807) is 29.2 Å². The molecular weight excluding hydrogens is 347 g/mol. The van der Waals surface area contributed by atoms with Gasteiger partial charge in [-0.05, 0) is 42.3 Å². The van der Waals surface area contributed by atoms with Gasteiger partial charge < -0.3 is 9.64 Å². The van der Waals surface area contributed by atoms with E-state index in [9.17, 15) is 22.8 Å². The van der Waals surface area contributed by atoms with Crippen LogP contribution in [0.3, 0.4) is 0 Å². The number of benzene rings is 2. The molecule has 0 saturated carbocycles. The quantitative estimate of drug-likeness (QED) is 0.610. The van der Waals surface area contributed by atoms with Crippen molar-refractivity contribution in [3.8, 4) is 5.75 Å². The molecule has 1 amide bonds. The SMILES string of the molecule is O=C(Cc1cccc(C(F)(F)F)c1)Oc1ccc(N2CCCC2=O)cc1. The summed E-state index contributed by atoms with van der Waals surface area (Å²) in [6.07, 6.45) is -3.39. The summed E-state index contributed by atoms with van der Waals surface area (Å²) in [6.45, 7) is 0.660. The number of hydrogen-bond acceptors (Lipinski definition) is 3. The van der Waals surface area contributed by atoms with Crippen LogP contribution in [0.1, 0.15) is 24.0 Å². The minimum absolute atomic E-state index is 0.0549. The van der Waals surface area contributed by atoms with E-state index in [1.807, 2.05) is 0 Å². The Kier molecular flexibility index (Phi) is 4.97.